The first-order chi connectivity index (χ1) is 16.1. The van der Waals surface area contributed by atoms with E-state index in [-0.39, 0.29) is 12.5 Å². The Bertz CT molecular complexity index is 1100. The zero-order valence-electron chi connectivity index (χ0n) is 18.3. The van der Waals surface area contributed by atoms with Gasteiger partial charge in [0.25, 0.3) is 0 Å². The number of aliphatic hydroxyl groups excluding tert-OH is 3. The van der Waals surface area contributed by atoms with Gasteiger partial charge in [0.05, 0.1) is 12.1 Å². The third-order valence-corrected chi connectivity index (χ3v) is 7.33. The van der Waals surface area contributed by atoms with Crippen molar-refractivity contribution in [1.82, 2.24) is 25.0 Å². The van der Waals surface area contributed by atoms with Crippen LogP contribution in [0.25, 0.3) is 11.2 Å². The second kappa shape index (κ2) is 9.51. The van der Waals surface area contributed by atoms with Gasteiger partial charge in [-0.15, -0.1) is 5.10 Å². The van der Waals surface area contributed by atoms with Crippen LogP contribution in [0.2, 0.25) is 0 Å². The fraction of sp³-hybridized carbons (Fsp3) is 0.545. The molecule has 33 heavy (non-hydrogen) atoms. The summed E-state index contributed by atoms with van der Waals surface area (Å²) in [7, 11) is 0. The SMILES string of the molecule is CCCSc1nc(N[C@@H]2C[C@H]2c2ccccc2)c2nnn([C@@H]3C[C@H](OCO)[C@@H](O)[C@H]3O)c2n1. The molecule has 0 saturated heterocycles. The zero-order chi connectivity index (χ0) is 22.9. The number of nitrogens with one attached hydrogen (secondary N) is 1. The number of benzene rings is 1. The predicted octanol–water partition coefficient (Wildman–Crippen LogP) is 1.69. The first-order valence-corrected chi connectivity index (χ1v) is 12.2. The summed E-state index contributed by atoms with van der Waals surface area (Å²) >= 11 is 1.56. The molecule has 2 aromatic heterocycles. The number of nitrogens with zero attached hydrogens (tertiary/aromatic N) is 5. The minimum Gasteiger partial charge on any atom is -0.388 e. The van der Waals surface area contributed by atoms with Crippen LogP contribution >= 0.6 is 11.8 Å². The maximum absolute atomic E-state index is 10.6. The summed E-state index contributed by atoms with van der Waals surface area (Å²) < 4.78 is 6.73. The van der Waals surface area contributed by atoms with Gasteiger partial charge in [0.2, 0.25) is 0 Å². The third-order valence-electron chi connectivity index (χ3n) is 6.28. The van der Waals surface area contributed by atoms with Crippen LogP contribution in [-0.2, 0) is 4.74 Å². The number of hydrogen-bond acceptors (Lipinski definition) is 10. The van der Waals surface area contributed by atoms with Gasteiger partial charge in [-0.1, -0.05) is 54.2 Å². The van der Waals surface area contributed by atoms with Gasteiger partial charge in [-0.05, 0) is 18.4 Å². The summed E-state index contributed by atoms with van der Waals surface area (Å²) in [5, 5.41) is 42.8. The lowest BCUT2D eigenvalue weighted by Crippen LogP contribution is -2.33. The van der Waals surface area contributed by atoms with E-state index in [0.717, 1.165) is 18.6 Å². The maximum Gasteiger partial charge on any atom is 0.191 e. The highest BCUT2D eigenvalue weighted by atomic mass is 32.2. The second-order valence-corrected chi connectivity index (χ2v) is 9.59. The first kappa shape index (κ1) is 22.5. The molecular weight excluding hydrogens is 444 g/mol. The smallest absolute Gasteiger partial charge is 0.191 e. The molecule has 10 nitrogen and oxygen atoms in total. The van der Waals surface area contributed by atoms with Crippen molar-refractivity contribution >= 4 is 28.7 Å². The van der Waals surface area contributed by atoms with Crippen LogP contribution in [0.1, 0.15) is 43.7 Å². The molecule has 2 heterocycles. The van der Waals surface area contributed by atoms with Crippen molar-refractivity contribution in [2.24, 2.45) is 0 Å². The van der Waals surface area contributed by atoms with Crippen LogP contribution in [0.5, 0.6) is 0 Å². The van der Waals surface area contributed by atoms with E-state index in [4.69, 9.17) is 14.8 Å². The van der Waals surface area contributed by atoms with E-state index in [1.807, 2.05) is 18.2 Å². The molecule has 0 aliphatic heterocycles. The van der Waals surface area contributed by atoms with Crippen molar-refractivity contribution in [3.63, 3.8) is 0 Å². The standard InChI is InChI=1S/C22H28N6O4S/c1-2-8-33-22-24-20(23-14-9-13(14)12-6-4-3-5-7-12)17-21(25-22)28(27-26-17)15-10-16(32-11-29)19(31)18(15)30/h3-7,13-16,18-19,29-31H,2,8-11H2,1H3,(H,23,24,25)/t13-,14+,15+,16-,18-,19+/m0/s1. The van der Waals surface area contributed by atoms with Crippen molar-refractivity contribution in [1.29, 1.82) is 0 Å². The van der Waals surface area contributed by atoms with E-state index in [1.165, 1.54) is 5.56 Å². The van der Waals surface area contributed by atoms with Crippen molar-refractivity contribution in [3.8, 4) is 0 Å². The minimum atomic E-state index is -1.13. The monoisotopic (exact) mass is 472 g/mol. The van der Waals surface area contributed by atoms with Gasteiger partial charge < -0.3 is 25.4 Å². The Labute approximate surface area is 195 Å². The number of aliphatic hydroxyl groups is 3. The summed E-state index contributed by atoms with van der Waals surface area (Å²) in [5.74, 6) is 1.92. The second-order valence-electron chi connectivity index (χ2n) is 8.53. The Morgan fingerprint density at radius 2 is 1.97 bits per heavy atom. The van der Waals surface area contributed by atoms with Crippen molar-refractivity contribution < 1.29 is 20.1 Å². The number of thioether (sulfide) groups is 1. The minimum absolute atomic E-state index is 0.251. The molecule has 2 aliphatic carbocycles. The van der Waals surface area contributed by atoms with Crippen LogP contribution in [0.3, 0.4) is 0 Å². The Kier molecular flexibility index (Phi) is 6.48. The Morgan fingerprint density at radius 3 is 2.73 bits per heavy atom. The third kappa shape index (κ3) is 4.43. The number of ether oxygens (including phenoxy) is 1. The Morgan fingerprint density at radius 1 is 1.15 bits per heavy atom. The van der Waals surface area contributed by atoms with Crippen molar-refractivity contribution in [3.05, 3.63) is 35.9 Å². The van der Waals surface area contributed by atoms with Crippen LogP contribution in [0.15, 0.2) is 35.5 Å². The average Bonchev–Trinajstić information content (AvgIpc) is 3.39. The molecule has 4 N–H and O–H groups in total. The molecule has 3 aromatic rings. The van der Waals surface area contributed by atoms with Crippen molar-refractivity contribution in [2.75, 3.05) is 17.9 Å². The molecule has 6 atom stereocenters. The van der Waals surface area contributed by atoms with E-state index in [2.05, 4.69) is 39.7 Å². The molecule has 0 radical (unpaired) electrons. The van der Waals surface area contributed by atoms with Gasteiger partial charge in [-0.25, -0.2) is 14.6 Å². The van der Waals surface area contributed by atoms with Crippen LogP contribution in [-0.4, -0.2) is 77.2 Å². The molecule has 2 aliphatic rings. The predicted molar refractivity (Wildman–Crippen MR) is 123 cm³/mol. The van der Waals surface area contributed by atoms with Gasteiger partial charge in [0, 0.05) is 24.1 Å². The summed E-state index contributed by atoms with van der Waals surface area (Å²) in [5.41, 5.74) is 2.33. The van der Waals surface area contributed by atoms with Crippen molar-refractivity contribution in [2.45, 2.75) is 67.7 Å². The highest BCUT2D eigenvalue weighted by Gasteiger charge is 2.45. The molecule has 176 valence electrons. The molecule has 0 spiro atoms. The van der Waals surface area contributed by atoms with E-state index >= 15 is 0 Å². The molecule has 1 aromatic carbocycles. The number of rotatable bonds is 9. The maximum atomic E-state index is 10.6. The lowest BCUT2D eigenvalue weighted by Gasteiger charge is -2.17. The van der Waals surface area contributed by atoms with Crippen LogP contribution in [0, 0.1) is 0 Å². The average molecular weight is 473 g/mol. The van der Waals surface area contributed by atoms with Gasteiger partial charge in [-0.2, -0.15) is 0 Å². The zero-order valence-corrected chi connectivity index (χ0v) is 19.1. The topological polar surface area (TPSA) is 138 Å². The molecule has 2 saturated carbocycles. The molecule has 0 bridgehead atoms. The number of aromatic nitrogens is 5. The Balaban J connectivity index is 1.45. The molecule has 0 amide bonds. The van der Waals surface area contributed by atoms with Gasteiger partial charge in [0.1, 0.15) is 19.0 Å². The van der Waals surface area contributed by atoms with Crippen LogP contribution < -0.4 is 5.32 Å². The van der Waals surface area contributed by atoms with Gasteiger partial charge in [-0.3, -0.25) is 0 Å². The highest BCUT2D eigenvalue weighted by molar-refractivity contribution is 7.99. The quantitative estimate of drug-likeness (QED) is 0.207. The van der Waals surface area contributed by atoms with Gasteiger partial charge in [0.15, 0.2) is 22.1 Å². The summed E-state index contributed by atoms with van der Waals surface area (Å²) in [6.07, 6.45) is -0.665. The lowest BCUT2D eigenvalue weighted by molar-refractivity contribution is -0.103. The molecule has 2 fully saturated rings. The number of fused-ring (bicyclic) bond motifs is 1. The summed E-state index contributed by atoms with van der Waals surface area (Å²) in [6.45, 7) is 1.57. The number of anilines is 1. The molecule has 11 heteroatoms. The fourth-order valence-corrected chi connectivity index (χ4v) is 5.16. The normalized spacial score (nSPS) is 29.0. The van der Waals surface area contributed by atoms with E-state index in [0.29, 0.717) is 28.1 Å². The largest absolute Gasteiger partial charge is 0.388 e. The van der Waals surface area contributed by atoms with Gasteiger partial charge >= 0.3 is 0 Å². The molecule has 0 unspecified atom stereocenters. The Hall–Kier alpha value is -2.31. The summed E-state index contributed by atoms with van der Waals surface area (Å²) in [4.78, 5) is 9.40. The fourth-order valence-electron chi connectivity index (χ4n) is 4.46. The van der Waals surface area contributed by atoms with Crippen LogP contribution in [0.4, 0.5) is 5.82 Å². The van der Waals surface area contributed by atoms with E-state index < -0.39 is 31.1 Å². The molecule has 5 rings (SSSR count). The first-order valence-electron chi connectivity index (χ1n) is 11.3. The van der Waals surface area contributed by atoms with E-state index in [9.17, 15) is 10.2 Å². The van der Waals surface area contributed by atoms with E-state index in [1.54, 1.807) is 16.4 Å². The molecular formula is C22H28N6O4S. The highest BCUT2D eigenvalue weighted by Crippen LogP contribution is 2.43. The number of hydrogen-bond donors (Lipinski definition) is 4. The summed E-state index contributed by atoms with van der Waals surface area (Å²) in [6, 6.07) is 10.1. The lowest BCUT2D eigenvalue weighted by atomic mass is 10.1.